The van der Waals surface area contributed by atoms with Crippen LogP contribution in [0.15, 0.2) is 48.5 Å². The van der Waals surface area contributed by atoms with Gasteiger partial charge in [-0.2, -0.15) is 0 Å². The minimum Gasteiger partial charge on any atom is -0.481 e. The molecule has 0 bridgehead atoms. The van der Waals surface area contributed by atoms with Crippen molar-refractivity contribution >= 4 is 18.0 Å². The molecule has 1 aliphatic heterocycles. The van der Waals surface area contributed by atoms with E-state index in [-0.39, 0.29) is 43.4 Å². The molecule has 3 N–H and O–H groups in total. The number of carbonyl (C=O) groups excluding carboxylic acids is 2. The highest BCUT2D eigenvalue weighted by Gasteiger charge is 2.32. The van der Waals surface area contributed by atoms with E-state index in [4.69, 9.17) is 14.6 Å². The van der Waals surface area contributed by atoms with Gasteiger partial charge in [0, 0.05) is 24.5 Å². The summed E-state index contributed by atoms with van der Waals surface area (Å²) < 4.78 is 11.0. The number of carbonyl (C=O) groups is 3. The van der Waals surface area contributed by atoms with Gasteiger partial charge >= 0.3 is 12.1 Å². The van der Waals surface area contributed by atoms with Crippen molar-refractivity contribution in [1.29, 1.82) is 0 Å². The summed E-state index contributed by atoms with van der Waals surface area (Å²) in [7, 11) is 0. The van der Waals surface area contributed by atoms with Crippen LogP contribution in [0.25, 0.3) is 11.1 Å². The average molecular weight is 481 g/mol. The first-order chi connectivity index (χ1) is 17.0. The Labute approximate surface area is 205 Å². The van der Waals surface area contributed by atoms with Crippen LogP contribution in [0.5, 0.6) is 0 Å². The normalized spacial score (nSPS) is 19.8. The van der Waals surface area contributed by atoms with E-state index in [1.807, 2.05) is 31.2 Å². The van der Waals surface area contributed by atoms with Crippen LogP contribution >= 0.6 is 0 Å². The largest absolute Gasteiger partial charge is 0.481 e. The zero-order valence-corrected chi connectivity index (χ0v) is 19.9. The molecule has 1 heterocycles. The summed E-state index contributed by atoms with van der Waals surface area (Å²) in [4.78, 5) is 36.9. The predicted octanol–water partition coefficient (Wildman–Crippen LogP) is 3.69. The molecule has 0 spiro atoms. The third kappa shape index (κ3) is 5.82. The molecule has 4 rings (SSSR count). The number of carboxylic acids is 1. The number of fused-ring (bicyclic) bond motifs is 3. The summed E-state index contributed by atoms with van der Waals surface area (Å²) in [6, 6.07) is 15.1. The summed E-state index contributed by atoms with van der Waals surface area (Å²) in [6.45, 7) is 2.84. The number of nitrogens with one attached hydrogen (secondary N) is 2. The van der Waals surface area contributed by atoms with E-state index in [2.05, 4.69) is 34.9 Å². The number of benzene rings is 2. The Morgan fingerprint density at radius 1 is 1.09 bits per heavy atom. The molecule has 2 aromatic rings. The van der Waals surface area contributed by atoms with Crippen LogP contribution < -0.4 is 10.6 Å². The fourth-order valence-electron chi connectivity index (χ4n) is 5.04. The van der Waals surface area contributed by atoms with Crippen LogP contribution in [0.2, 0.25) is 0 Å². The van der Waals surface area contributed by atoms with E-state index >= 15 is 0 Å². The molecule has 186 valence electrons. The van der Waals surface area contributed by atoms with Gasteiger partial charge in [0.1, 0.15) is 12.6 Å². The minimum atomic E-state index is -0.929. The summed E-state index contributed by atoms with van der Waals surface area (Å²) in [5, 5.41) is 14.8. The van der Waals surface area contributed by atoms with Gasteiger partial charge in [0.15, 0.2) is 0 Å². The average Bonchev–Trinajstić information content (AvgIpc) is 3.17. The van der Waals surface area contributed by atoms with Crippen LogP contribution in [0.3, 0.4) is 0 Å². The molecule has 0 aromatic heterocycles. The number of alkyl carbamates (subject to hydrolysis) is 1. The van der Waals surface area contributed by atoms with Crippen LogP contribution in [0, 0.1) is 5.92 Å². The van der Waals surface area contributed by atoms with Crippen LogP contribution in [0.4, 0.5) is 4.79 Å². The van der Waals surface area contributed by atoms with Crippen molar-refractivity contribution in [3.8, 4) is 11.1 Å². The molecule has 0 saturated carbocycles. The molecular formula is C27H32N2O6. The molecule has 1 fully saturated rings. The number of ether oxygens (including phenoxy) is 2. The summed E-state index contributed by atoms with van der Waals surface area (Å²) in [5.74, 6) is -1.63. The lowest BCUT2D eigenvalue weighted by Gasteiger charge is -2.32. The summed E-state index contributed by atoms with van der Waals surface area (Å²) in [5.41, 5.74) is 4.53. The van der Waals surface area contributed by atoms with Crippen molar-refractivity contribution in [1.82, 2.24) is 10.6 Å². The van der Waals surface area contributed by atoms with Gasteiger partial charge in [-0.05, 0) is 35.1 Å². The number of amides is 2. The zero-order valence-electron chi connectivity index (χ0n) is 19.9. The van der Waals surface area contributed by atoms with Crippen molar-refractivity contribution in [2.75, 3.05) is 19.8 Å². The lowest BCUT2D eigenvalue weighted by Crippen LogP contribution is -2.53. The van der Waals surface area contributed by atoms with E-state index < -0.39 is 18.1 Å². The topological polar surface area (TPSA) is 114 Å². The third-order valence-corrected chi connectivity index (χ3v) is 6.77. The van der Waals surface area contributed by atoms with Crippen molar-refractivity contribution in [3.63, 3.8) is 0 Å². The van der Waals surface area contributed by atoms with Gasteiger partial charge in [-0.1, -0.05) is 61.9 Å². The van der Waals surface area contributed by atoms with Gasteiger partial charge in [-0.25, -0.2) is 4.79 Å². The van der Waals surface area contributed by atoms with E-state index in [0.717, 1.165) is 22.3 Å². The van der Waals surface area contributed by atoms with Crippen LogP contribution in [-0.4, -0.2) is 55.0 Å². The molecule has 8 heteroatoms. The van der Waals surface area contributed by atoms with Crippen molar-refractivity contribution in [2.45, 2.75) is 50.6 Å². The zero-order chi connectivity index (χ0) is 24.8. The monoisotopic (exact) mass is 480 g/mol. The molecule has 3 atom stereocenters. The van der Waals surface area contributed by atoms with Gasteiger partial charge < -0.3 is 25.2 Å². The fourth-order valence-corrected chi connectivity index (χ4v) is 5.04. The number of hydrogen-bond donors (Lipinski definition) is 3. The van der Waals surface area contributed by atoms with Gasteiger partial charge in [0.2, 0.25) is 5.91 Å². The van der Waals surface area contributed by atoms with Crippen LogP contribution in [-0.2, 0) is 19.1 Å². The number of carboxylic acid groups (broad SMARTS) is 1. The first kappa shape index (κ1) is 24.7. The lowest BCUT2D eigenvalue weighted by molar-refractivity contribution is -0.140. The number of aliphatic carboxylic acids is 1. The van der Waals surface area contributed by atoms with Gasteiger partial charge in [0.25, 0.3) is 0 Å². The van der Waals surface area contributed by atoms with E-state index in [1.54, 1.807) is 0 Å². The van der Waals surface area contributed by atoms with E-state index in [0.29, 0.717) is 25.9 Å². The van der Waals surface area contributed by atoms with Crippen molar-refractivity contribution in [2.24, 2.45) is 5.92 Å². The molecule has 2 amide bonds. The quantitative estimate of drug-likeness (QED) is 0.504. The third-order valence-electron chi connectivity index (χ3n) is 6.77. The first-order valence-corrected chi connectivity index (χ1v) is 12.2. The SMILES string of the molecule is CCCC(NC(=O)OCC1c2ccccc2-c2ccccc21)C(=O)NC1CCOCC1CC(=O)O. The Bertz CT molecular complexity index is 1030. The maximum atomic E-state index is 13.0. The highest BCUT2D eigenvalue weighted by Crippen LogP contribution is 2.44. The molecule has 35 heavy (non-hydrogen) atoms. The predicted molar refractivity (Wildman–Crippen MR) is 130 cm³/mol. The molecule has 1 saturated heterocycles. The second-order valence-electron chi connectivity index (χ2n) is 9.15. The van der Waals surface area contributed by atoms with Crippen molar-refractivity contribution in [3.05, 3.63) is 59.7 Å². The van der Waals surface area contributed by atoms with Gasteiger partial charge in [0.05, 0.1) is 13.0 Å². The second kappa shape index (κ2) is 11.4. The number of hydrogen-bond acceptors (Lipinski definition) is 5. The van der Waals surface area contributed by atoms with Crippen molar-refractivity contribution < 1.29 is 29.0 Å². The van der Waals surface area contributed by atoms with Gasteiger partial charge in [-0.3, -0.25) is 9.59 Å². The standard InChI is InChI=1S/C27H32N2O6/c1-2-7-24(26(32)28-23-12-13-34-15-17(23)14-25(30)31)29-27(33)35-16-22-20-10-5-3-8-18(20)19-9-4-6-11-21(19)22/h3-6,8-11,17,22-24H,2,7,12-16H2,1H3,(H,28,32)(H,29,33)(H,30,31). The Kier molecular flexibility index (Phi) is 8.02. The maximum absolute atomic E-state index is 13.0. The highest BCUT2D eigenvalue weighted by molar-refractivity contribution is 5.86. The fraction of sp³-hybridized carbons (Fsp3) is 0.444. The molecule has 0 radical (unpaired) electrons. The number of rotatable bonds is 9. The lowest BCUT2D eigenvalue weighted by atomic mass is 9.92. The van der Waals surface area contributed by atoms with E-state index in [9.17, 15) is 14.4 Å². The minimum absolute atomic E-state index is 0.0642. The van der Waals surface area contributed by atoms with Gasteiger partial charge in [-0.15, -0.1) is 0 Å². The molecule has 2 aliphatic rings. The smallest absolute Gasteiger partial charge is 0.407 e. The molecular weight excluding hydrogens is 448 g/mol. The summed E-state index contributed by atoms with van der Waals surface area (Å²) >= 11 is 0. The Morgan fingerprint density at radius 2 is 1.74 bits per heavy atom. The van der Waals surface area contributed by atoms with Crippen LogP contribution in [0.1, 0.15) is 49.7 Å². The Balaban J connectivity index is 1.37. The maximum Gasteiger partial charge on any atom is 0.407 e. The molecule has 3 unspecified atom stereocenters. The highest BCUT2D eigenvalue weighted by atomic mass is 16.5. The molecule has 1 aliphatic carbocycles. The second-order valence-corrected chi connectivity index (χ2v) is 9.15. The Morgan fingerprint density at radius 3 is 2.37 bits per heavy atom. The molecule has 2 aromatic carbocycles. The Hall–Kier alpha value is -3.39. The summed E-state index contributed by atoms with van der Waals surface area (Å²) in [6.07, 6.45) is 0.947. The van der Waals surface area contributed by atoms with E-state index in [1.165, 1.54) is 0 Å². The first-order valence-electron chi connectivity index (χ1n) is 12.2. The molecule has 8 nitrogen and oxygen atoms in total.